The molecule has 0 saturated carbocycles. The second-order valence-corrected chi connectivity index (χ2v) is 6.02. The molecule has 1 aliphatic heterocycles. The van der Waals surface area contributed by atoms with Crippen LogP contribution in [0.15, 0.2) is 18.2 Å². The van der Waals surface area contributed by atoms with Crippen LogP contribution in [0.1, 0.15) is 25.8 Å². The van der Waals surface area contributed by atoms with Gasteiger partial charge < -0.3 is 16.0 Å². The molecule has 1 heterocycles. The summed E-state index contributed by atoms with van der Waals surface area (Å²) in [5.74, 6) is 0.163. The lowest BCUT2D eigenvalue weighted by molar-refractivity contribution is -0.117. The topological polar surface area (TPSA) is 58.4 Å². The van der Waals surface area contributed by atoms with Gasteiger partial charge in [0.25, 0.3) is 0 Å². The summed E-state index contributed by atoms with van der Waals surface area (Å²) < 4.78 is 0. The number of anilines is 2. The molecule has 0 atom stereocenters. The van der Waals surface area contributed by atoms with E-state index in [9.17, 15) is 4.79 Å². The van der Waals surface area contributed by atoms with Gasteiger partial charge in [-0.1, -0.05) is 13.8 Å². The van der Waals surface area contributed by atoms with Crippen molar-refractivity contribution in [3.63, 3.8) is 0 Å². The monoisotopic (exact) mass is 261 g/mol. The molecule has 104 valence electrons. The number of likely N-dealkylation sites (N-methyl/N-ethyl adjacent to an activating group) is 1. The summed E-state index contributed by atoms with van der Waals surface area (Å²) in [6.45, 7) is 5.93. The van der Waals surface area contributed by atoms with Crippen molar-refractivity contribution >= 4 is 17.3 Å². The van der Waals surface area contributed by atoms with E-state index < -0.39 is 0 Å². The number of amides is 1. The molecule has 3 N–H and O–H groups in total. The van der Waals surface area contributed by atoms with Crippen LogP contribution in [0, 0.1) is 5.41 Å². The van der Waals surface area contributed by atoms with Crippen molar-refractivity contribution in [2.24, 2.45) is 11.1 Å². The Morgan fingerprint density at radius 2 is 2.16 bits per heavy atom. The van der Waals surface area contributed by atoms with Gasteiger partial charge in [-0.15, -0.1) is 0 Å². The second-order valence-electron chi connectivity index (χ2n) is 6.02. The van der Waals surface area contributed by atoms with E-state index in [4.69, 9.17) is 5.73 Å². The Hall–Kier alpha value is -1.55. The smallest absolute Gasteiger partial charge is 0.231 e. The van der Waals surface area contributed by atoms with Crippen molar-refractivity contribution in [3.8, 4) is 0 Å². The van der Waals surface area contributed by atoms with Crippen molar-refractivity contribution in [2.75, 3.05) is 30.4 Å². The number of nitrogens with two attached hydrogens (primary N) is 1. The van der Waals surface area contributed by atoms with E-state index in [1.807, 2.05) is 19.2 Å². The molecule has 1 amide bonds. The maximum Gasteiger partial charge on any atom is 0.231 e. The predicted molar refractivity (Wildman–Crippen MR) is 79.5 cm³/mol. The third kappa shape index (κ3) is 3.07. The largest absolute Gasteiger partial charge is 0.385 e. The fraction of sp³-hybridized carbons (Fsp3) is 0.533. The second kappa shape index (κ2) is 5.21. The summed E-state index contributed by atoms with van der Waals surface area (Å²) in [5, 5.41) is 3.41. The number of nitrogens with one attached hydrogen (secondary N) is 1. The van der Waals surface area contributed by atoms with Crippen LogP contribution in [0.5, 0.6) is 0 Å². The standard InChI is InChI=1S/C15H23N3O/c1-15(2,10-16)6-7-17-12-4-5-13-11(8-12)9-14(19)18(13)3/h4-5,8,17H,6-7,9-10,16H2,1-3H3. The zero-order chi connectivity index (χ0) is 14.0. The quantitative estimate of drug-likeness (QED) is 0.852. The Labute approximate surface area is 115 Å². The Balaban J connectivity index is 1.97. The minimum absolute atomic E-state index is 0.163. The summed E-state index contributed by atoms with van der Waals surface area (Å²) in [5.41, 5.74) is 9.10. The van der Waals surface area contributed by atoms with Crippen LogP contribution < -0.4 is 16.0 Å². The van der Waals surface area contributed by atoms with Crippen LogP contribution in [0.2, 0.25) is 0 Å². The highest BCUT2D eigenvalue weighted by Crippen LogP contribution is 2.30. The number of nitrogens with zero attached hydrogens (tertiary/aromatic N) is 1. The van der Waals surface area contributed by atoms with Crippen LogP contribution in [-0.4, -0.2) is 26.0 Å². The summed E-state index contributed by atoms with van der Waals surface area (Å²) in [7, 11) is 1.82. The first kappa shape index (κ1) is 13.9. The van der Waals surface area contributed by atoms with Crippen LogP contribution in [0.3, 0.4) is 0 Å². The molecular formula is C15H23N3O. The van der Waals surface area contributed by atoms with E-state index in [0.717, 1.165) is 29.9 Å². The molecule has 19 heavy (non-hydrogen) atoms. The molecule has 1 aromatic carbocycles. The van der Waals surface area contributed by atoms with Gasteiger partial charge in [0, 0.05) is 25.0 Å². The van der Waals surface area contributed by atoms with Gasteiger partial charge >= 0.3 is 0 Å². The maximum absolute atomic E-state index is 11.6. The normalized spacial score (nSPS) is 14.7. The van der Waals surface area contributed by atoms with Gasteiger partial charge in [-0.3, -0.25) is 4.79 Å². The van der Waals surface area contributed by atoms with Gasteiger partial charge in [0.05, 0.1) is 6.42 Å². The van der Waals surface area contributed by atoms with E-state index in [0.29, 0.717) is 13.0 Å². The van der Waals surface area contributed by atoms with E-state index in [2.05, 4.69) is 25.2 Å². The number of carbonyl (C=O) groups is 1. The fourth-order valence-corrected chi connectivity index (χ4v) is 2.23. The number of hydrogen-bond donors (Lipinski definition) is 2. The van der Waals surface area contributed by atoms with E-state index in [1.165, 1.54) is 0 Å². The van der Waals surface area contributed by atoms with Gasteiger partial charge in [0.2, 0.25) is 5.91 Å². The predicted octanol–water partition coefficient (Wildman–Crippen LogP) is 1.99. The average molecular weight is 261 g/mol. The summed E-state index contributed by atoms with van der Waals surface area (Å²) in [6, 6.07) is 6.12. The first-order chi connectivity index (χ1) is 8.93. The Kier molecular flexibility index (Phi) is 3.80. The zero-order valence-electron chi connectivity index (χ0n) is 12.0. The van der Waals surface area contributed by atoms with Crippen molar-refractivity contribution in [1.82, 2.24) is 0 Å². The summed E-state index contributed by atoms with van der Waals surface area (Å²) in [6.07, 6.45) is 1.54. The maximum atomic E-state index is 11.6. The first-order valence-electron chi connectivity index (χ1n) is 6.76. The molecule has 0 saturated heterocycles. The Morgan fingerprint density at radius 1 is 1.42 bits per heavy atom. The Morgan fingerprint density at radius 3 is 2.84 bits per heavy atom. The third-order valence-electron chi connectivity index (χ3n) is 3.84. The van der Waals surface area contributed by atoms with Gasteiger partial charge in [0.15, 0.2) is 0 Å². The van der Waals surface area contributed by atoms with Gasteiger partial charge in [0.1, 0.15) is 0 Å². The molecule has 0 radical (unpaired) electrons. The molecule has 1 aromatic rings. The van der Waals surface area contributed by atoms with Crippen molar-refractivity contribution in [1.29, 1.82) is 0 Å². The highest BCUT2D eigenvalue weighted by Gasteiger charge is 2.23. The highest BCUT2D eigenvalue weighted by molar-refractivity contribution is 6.01. The Bertz CT molecular complexity index is 482. The number of carbonyl (C=O) groups excluding carboxylic acids is 1. The summed E-state index contributed by atoms with van der Waals surface area (Å²) >= 11 is 0. The first-order valence-corrected chi connectivity index (χ1v) is 6.76. The van der Waals surface area contributed by atoms with Crippen LogP contribution >= 0.6 is 0 Å². The summed E-state index contributed by atoms with van der Waals surface area (Å²) in [4.78, 5) is 13.3. The van der Waals surface area contributed by atoms with E-state index >= 15 is 0 Å². The number of fused-ring (bicyclic) bond motifs is 1. The molecule has 4 nitrogen and oxygen atoms in total. The van der Waals surface area contributed by atoms with E-state index in [-0.39, 0.29) is 11.3 Å². The van der Waals surface area contributed by atoms with Gasteiger partial charge in [-0.25, -0.2) is 0 Å². The van der Waals surface area contributed by atoms with Crippen molar-refractivity contribution in [3.05, 3.63) is 23.8 Å². The molecule has 1 aliphatic rings. The van der Waals surface area contributed by atoms with Crippen LogP contribution in [0.4, 0.5) is 11.4 Å². The molecule has 0 bridgehead atoms. The third-order valence-corrected chi connectivity index (χ3v) is 3.84. The van der Waals surface area contributed by atoms with Crippen LogP contribution in [-0.2, 0) is 11.2 Å². The SMILES string of the molecule is CN1C(=O)Cc2cc(NCCC(C)(C)CN)ccc21. The molecule has 0 aromatic heterocycles. The van der Waals surface area contributed by atoms with Crippen LogP contribution in [0.25, 0.3) is 0 Å². The molecular weight excluding hydrogens is 238 g/mol. The molecule has 2 rings (SSSR count). The van der Waals surface area contributed by atoms with Crippen molar-refractivity contribution in [2.45, 2.75) is 26.7 Å². The van der Waals surface area contributed by atoms with Crippen molar-refractivity contribution < 1.29 is 4.79 Å². The number of hydrogen-bond acceptors (Lipinski definition) is 3. The minimum Gasteiger partial charge on any atom is -0.385 e. The molecule has 4 heteroatoms. The zero-order valence-corrected chi connectivity index (χ0v) is 12.0. The highest BCUT2D eigenvalue weighted by atomic mass is 16.2. The average Bonchev–Trinajstić information content (AvgIpc) is 2.65. The van der Waals surface area contributed by atoms with Gasteiger partial charge in [-0.2, -0.15) is 0 Å². The lowest BCUT2D eigenvalue weighted by Gasteiger charge is -2.22. The lowest BCUT2D eigenvalue weighted by Crippen LogP contribution is -2.26. The molecule has 0 aliphatic carbocycles. The minimum atomic E-state index is 0.163. The fourth-order valence-electron chi connectivity index (χ4n) is 2.23. The number of benzene rings is 1. The molecule has 0 unspecified atom stereocenters. The number of rotatable bonds is 5. The van der Waals surface area contributed by atoms with E-state index in [1.54, 1.807) is 4.90 Å². The lowest BCUT2D eigenvalue weighted by atomic mass is 9.90. The van der Waals surface area contributed by atoms with Gasteiger partial charge in [-0.05, 0) is 42.1 Å². The molecule has 0 spiro atoms. The molecule has 0 fully saturated rings.